The van der Waals surface area contributed by atoms with Crippen LogP contribution < -0.4 is 21.5 Å². The average molecular weight is 552 g/mol. The van der Waals surface area contributed by atoms with Gasteiger partial charge in [0, 0.05) is 13.0 Å². The summed E-state index contributed by atoms with van der Waals surface area (Å²) in [5.74, 6) is 0.0826. The summed E-state index contributed by atoms with van der Waals surface area (Å²) in [5, 5.41) is 28.1. The molecule has 218 valence electrons. The number of carbonyl (C=O) groups is 1. The molecule has 3 atom stereocenters. The Labute approximate surface area is 237 Å². The molecule has 0 aromatic carbocycles. The lowest BCUT2D eigenvalue weighted by atomic mass is 10.0. The monoisotopic (exact) mass is 551 g/mol. The van der Waals surface area contributed by atoms with Crippen molar-refractivity contribution >= 4 is 23.4 Å². The van der Waals surface area contributed by atoms with Crippen LogP contribution in [0.2, 0.25) is 0 Å². The highest BCUT2D eigenvalue weighted by atomic mass is 16.3. The maximum Gasteiger partial charge on any atom is 0.277 e. The Kier molecular flexibility index (Phi) is 15.8. The number of anilines is 3. The van der Waals surface area contributed by atoms with Crippen molar-refractivity contribution in [2.75, 3.05) is 22.5 Å². The van der Waals surface area contributed by atoms with E-state index in [0.29, 0.717) is 6.42 Å². The normalized spacial score (nSPS) is 17.2. The van der Waals surface area contributed by atoms with Crippen LogP contribution in [0.4, 0.5) is 17.5 Å². The third kappa shape index (κ3) is 12.9. The van der Waals surface area contributed by atoms with Crippen molar-refractivity contribution in [3.8, 4) is 0 Å². The quantitative estimate of drug-likeness (QED) is 0.147. The van der Waals surface area contributed by atoms with Gasteiger partial charge in [-0.05, 0) is 51.9 Å². The van der Waals surface area contributed by atoms with Gasteiger partial charge >= 0.3 is 0 Å². The van der Waals surface area contributed by atoms with Crippen molar-refractivity contribution in [3.05, 3.63) is 83.3 Å². The van der Waals surface area contributed by atoms with Gasteiger partial charge in [-0.15, -0.1) is 0 Å². The van der Waals surface area contributed by atoms with Crippen LogP contribution in [0.1, 0.15) is 65.2 Å². The molecule has 3 unspecified atom stereocenters. The minimum absolute atomic E-state index is 0.0559. The van der Waals surface area contributed by atoms with Crippen LogP contribution in [-0.4, -0.2) is 50.9 Å². The molecule has 2 rings (SSSR count). The number of rotatable bonds is 17. The van der Waals surface area contributed by atoms with E-state index in [9.17, 15) is 19.8 Å². The van der Waals surface area contributed by atoms with Gasteiger partial charge in [0.1, 0.15) is 11.8 Å². The summed E-state index contributed by atoms with van der Waals surface area (Å²) in [6.45, 7) is 3.88. The van der Waals surface area contributed by atoms with Crippen molar-refractivity contribution in [1.29, 1.82) is 0 Å². The maximum atomic E-state index is 12.4. The predicted molar refractivity (Wildman–Crippen MR) is 165 cm³/mol. The fourth-order valence-electron chi connectivity index (χ4n) is 3.83. The van der Waals surface area contributed by atoms with Gasteiger partial charge in [0.25, 0.3) is 5.56 Å². The molecule has 1 aromatic heterocycles. The number of fused-ring (bicyclic) bond motifs is 1. The van der Waals surface area contributed by atoms with Crippen LogP contribution >= 0.6 is 0 Å². The third-order valence-corrected chi connectivity index (χ3v) is 6.04. The van der Waals surface area contributed by atoms with Crippen LogP contribution in [0.3, 0.4) is 0 Å². The number of aliphatic hydroxyl groups is 2. The summed E-state index contributed by atoms with van der Waals surface area (Å²) in [7, 11) is 0. The first-order valence-electron chi connectivity index (χ1n) is 14.1. The Morgan fingerprint density at radius 1 is 0.925 bits per heavy atom. The smallest absolute Gasteiger partial charge is 0.277 e. The summed E-state index contributed by atoms with van der Waals surface area (Å²) >= 11 is 0. The molecule has 6 N–H and O–H groups in total. The molecule has 0 saturated heterocycles. The molecule has 0 radical (unpaired) electrons. The molecule has 0 bridgehead atoms. The van der Waals surface area contributed by atoms with E-state index in [1.54, 1.807) is 0 Å². The lowest BCUT2D eigenvalue weighted by molar-refractivity contribution is -0.116. The molecular weight excluding hydrogens is 506 g/mol. The minimum atomic E-state index is -1.05. The van der Waals surface area contributed by atoms with Gasteiger partial charge < -0.3 is 20.8 Å². The number of hydrogen-bond acceptors (Lipinski definition) is 7. The van der Waals surface area contributed by atoms with Gasteiger partial charge in [0.15, 0.2) is 5.82 Å². The Hall–Kier alpha value is -3.69. The van der Waals surface area contributed by atoms with Crippen molar-refractivity contribution in [2.45, 2.75) is 83.5 Å². The summed E-state index contributed by atoms with van der Waals surface area (Å²) < 4.78 is 0. The van der Waals surface area contributed by atoms with Crippen molar-refractivity contribution < 1.29 is 15.0 Å². The summed E-state index contributed by atoms with van der Waals surface area (Å²) in [5.41, 5.74) is -0.320. The zero-order valence-electron chi connectivity index (χ0n) is 23.7. The number of aromatic amines is 1. The number of aromatic nitrogens is 2. The first kappa shape index (κ1) is 32.5. The highest BCUT2D eigenvalue weighted by Gasteiger charge is 2.29. The molecule has 1 amide bonds. The largest absolute Gasteiger partial charge is 0.391 e. The second-order valence-corrected chi connectivity index (χ2v) is 9.50. The zero-order valence-corrected chi connectivity index (χ0v) is 23.7. The van der Waals surface area contributed by atoms with E-state index in [1.165, 1.54) is 6.92 Å². The van der Waals surface area contributed by atoms with Crippen LogP contribution in [0.5, 0.6) is 0 Å². The molecule has 9 nitrogen and oxygen atoms in total. The number of allylic oxidation sites excluding steroid dienone is 12. The molecule has 1 aliphatic rings. The first-order chi connectivity index (χ1) is 19.4. The molecule has 9 heteroatoms. The predicted octanol–water partition coefficient (Wildman–Crippen LogP) is 5.13. The molecular formula is C31H45N5O4. The van der Waals surface area contributed by atoms with E-state index in [1.807, 2.05) is 12.2 Å². The maximum absolute atomic E-state index is 12.4. The number of hydrogen-bond donors (Lipinski definition) is 6. The van der Waals surface area contributed by atoms with Gasteiger partial charge in [-0.3, -0.25) is 19.9 Å². The van der Waals surface area contributed by atoms with E-state index < -0.39 is 23.8 Å². The number of H-pyrrole nitrogens is 1. The zero-order chi connectivity index (χ0) is 29.0. The second-order valence-electron chi connectivity index (χ2n) is 9.50. The number of aliphatic hydroxyl groups excluding tert-OH is 2. The van der Waals surface area contributed by atoms with E-state index >= 15 is 0 Å². The van der Waals surface area contributed by atoms with Crippen LogP contribution in [-0.2, 0) is 4.79 Å². The molecule has 0 aliphatic carbocycles. The van der Waals surface area contributed by atoms with E-state index in [4.69, 9.17) is 0 Å². The summed E-state index contributed by atoms with van der Waals surface area (Å²) in [4.78, 5) is 31.4. The summed E-state index contributed by atoms with van der Waals surface area (Å²) in [6, 6.07) is -0.544. The number of carbonyl (C=O) groups excluding carboxylic acids is 1. The number of nitrogens with one attached hydrogen (secondary N) is 4. The Bertz CT molecular complexity index is 1130. The van der Waals surface area contributed by atoms with E-state index in [-0.39, 0.29) is 36.3 Å². The minimum Gasteiger partial charge on any atom is -0.391 e. The van der Waals surface area contributed by atoms with Crippen molar-refractivity contribution in [1.82, 2.24) is 9.97 Å². The SMILES string of the molecule is CCC=CCC=CCC=CCC=CCC=CCC=CCCC(=O)Nc1nc2c(c(=O)[nH]1)NC(C(O)C(C)O)CN2. The van der Waals surface area contributed by atoms with Gasteiger partial charge in [0.05, 0.1) is 12.1 Å². The lowest BCUT2D eigenvalue weighted by Crippen LogP contribution is -2.48. The molecule has 0 fully saturated rings. The molecule has 1 aliphatic heterocycles. The Morgan fingerprint density at radius 3 is 1.98 bits per heavy atom. The second kappa shape index (κ2) is 19.4. The molecule has 2 heterocycles. The van der Waals surface area contributed by atoms with Crippen LogP contribution in [0.25, 0.3) is 0 Å². The molecule has 1 aromatic rings. The standard InChI is InChI=1S/C31H45N5O4/c1-3-4-5-6-7-8-9-10-11-12-13-14-15-16-17-18-19-20-21-22-26(38)34-31-35-29-27(30(40)36-31)33-25(23-32-29)28(39)24(2)37/h4-5,7-8,10-11,13-14,16-17,19-20,24-25,28,33,37,39H,3,6,9,12,15,18,21-23H2,1-2H3,(H3,32,34,35,36,38,40). The van der Waals surface area contributed by atoms with Gasteiger partial charge in [0.2, 0.25) is 11.9 Å². The van der Waals surface area contributed by atoms with Gasteiger partial charge in [-0.1, -0.05) is 79.8 Å². The molecule has 0 spiro atoms. The topological polar surface area (TPSA) is 139 Å². The number of nitrogens with zero attached hydrogens (tertiary/aromatic N) is 1. The Balaban J connectivity index is 1.59. The fourth-order valence-corrected chi connectivity index (χ4v) is 3.83. The average Bonchev–Trinajstić information content (AvgIpc) is 2.93. The third-order valence-electron chi connectivity index (χ3n) is 6.04. The molecule has 0 saturated carbocycles. The van der Waals surface area contributed by atoms with Crippen molar-refractivity contribution in [3.63, 3.8) is 0 Å². The van der Waals surface area contributed by atoms with E-state index in [0.717, 1.165) is 38.5 Å². The molecule has 40 heavy (non-hydrogen) atoms. The van der Waals surface area contributed by atoms with Crippen molar-refractivity contribution in [2.24, 2.45) is 0 Å². The number of amides is 1. The lowest BCUT2D eigenvalue weighted by Gasteiger charge is -2.31. The highest BCUT2D eigenvalue weighted by Crippen LogP contribution is 2.22. The Morgan fingerprint density at radius 2 is 1.45 bits per heavy atom. The summed E-state index contributed by atoms with van der Waals surface area (Å²) in [6.07, 6.45) is 30.2. The van der Waals surface area contributed by atoms with Gasteiger partial charge in [-0.2, -0.15) is 4.98 Å². The van der Waals surface area contributed by atoms with Gasteiger partial charge in [-0.25, -0.2) is 0 Å². The fraction of sp³-hybridized carbons (Fsp3) is 0.452. The van der Waals surface area contributed by atoms with Crippen LogP contribution in [0, 0.1) is 0 Å². The first-order valence-corrected chi connectivity index (χ1v) is 14.1. The van der Waals surface area contributed by atoms with Crippen LogP contribution in [0.15, 0.2) is 77.7 Å². The van der Waals surface area contributed by atoms with E-state index in [2.05, 4.69) is 93.6 Å². The highest BCUT2D eigenvalue weighted by molar-refractivity contribution is 5.89.